The Bertz CT molecular complexity index is 757. The van der Waals surface area contributed by atoms with E-state index in [2.05, 4.69) is 10.6 Å². The van der Waals surface area contributed by atoms with E-state index in [4.69, 9.17) is 4.74 Å². The monoisotopic (exact) mass is 357 g/mol. The van der Waals surface area contributed by atoms with Crippen molar-refractivity contribution < 1.29 is 18.7 Å². The van der Waals surface area contributed by atoms with Crippen LogP contribution in [0, 0.1) is 5.82 Å². The van der Waals surface area contributed by atoms with Crippen molar-refractivity contribution in [3.05, 3.63) is 59.9 Å². The highest BCUT2D eigenvalue weighted by Crippen LogP contribution is 2.15. The fourth-order valence-corrected chi connectivity index (χ4v) is 2.60. The predicted octanol–water partition coefficient (Wildman–Crippen LogP) is 2.35. The highest BCUT2D eigenvalue weighted by Gasteiger charge is 2.14. The first-order chi connectivity index (χ1) is 12.6. The number of hydrogen-bond acceptors (Lipinski definition) is 4. The van der Waals surface area contributed by atoms with Crippen LogP contribution in [0.3, 0.4) is 0 Å². The fourth-order valence-electron chi connectivity index (χ4n) is 2.60. The number of nitrogens with one attached hydrogen (secondary N) is 2. The number of ether oxygens (including phenoxy) is 1. The van der Waals surface area contributed by atoms with Crippen molar-refractivity contribution >= 4 is 23.2 Å². The zero-order valence-electron chi connectivity index (χ0n) is 14.2. The summed E-state index contributed by atoms with van der Waals surface area (Å²) in [7, 11) is 0. The van der Waals surface area contributed by atoms with Gasteiger partial charge in [0.25, 0.3) is 5.91 Å². The number of carbonyl (C=O) groups is 2. The van der Waals surface area contributed by atoms with Gasteiger partial charge in [-0.25, -0.2) is 4.39 Å². The first-order valence-corrected chi connectivity index (χ1v) is 8.37. The highest BCUT2D eigenvalue weighted by molar-refractivity contribution is 6.04. The Balaban J connectivity index is 1.52. The van der Waals surface area contributed by atoms with E-state index in [-0.39, 0.29) is 11.8 Å². The van der Waals surface area contributed by atoms with E-state index in [1.165, 1.54) is 24.3 Å². The number of hydrogen-bond donors (Lipinski definition) is 2. The standard InChI is InChI=1S/C19H20FN3O3/c20-15-3-1-14(2-4-15)19(25)22-17-7-5-16(6-8-17)21-18(24)13-23-9-11-26-12-10-23/h1-8H,9-13H2,(H,21,24)(H,22,25). The summed E-state index contributed by atoms with van der Waals surface area (Å²) in [6.45, 7) is 3.13. The Morgan fingerprint density at radius 1 is 0.923 bits per heavy atom. The molecule has 0 saturated carbocycles. The second-order valence-corrected chi connectivity index (χ2v) is 5.98. The summed E-state index contributed by atoms with van der Waals surface area (Å²) < 4.78 is 18.2. The topological polar surface area (TPSA) is 70.7 Å². The van der Waals surface area contributed by atoms with Crippen LogP contribution in [0.5, 0.6) is 0 Å². The van der Waals surface area contributed by atoms with Gasteiger partial charge in [-0.3, -0.25) is 14.5 Å². The van der Waals surface area contributed by atoms with Crippen molar-refractivity contribution in [3.63, 3.8) is 0 Å². The van der Waals surface area contributed by atoms with Crippen molar-refractivity contribution in [2.45, 2.75) is 0 Å². The SMILES string of the molecule is O=C(CN1CCOCC1)Nc1ccc(NC(=O)c2ccc(F)cc2)cc1. The lowest BCUT2D eigenvalue weighted by atomic mass is 10.2. The van der Waals surface area contributed by atoms with E-state index in [0.29, 0.717) is 36.7 Å². The molecular weight excluding hydrogens is 337 g/mol. The minimum atomic E-state index is -0.390. The van der Waals surface area contributed by atoms with Gasteiger partial charge in [-0.15, -0.1) is 0 Å². The summed E-state index contributed by atoms with van der Waals surface area (Å²) in [5.74, 6) is -0.803. The number of benzene rings is 2. The average molecular weight is 357 g/mol. The molecule has 2 aromatic carbocycles. The molecule has 1 aliphatic rings. The Morgan fingerprint density at radius 3 is 2.12 bits per heavy atom. The van der Waals surface area contributed by atoms with Crippen molar-refractivity contribution in [3.8, 4) is 0 Å². The Hall–Kier alpha value is -2.77. The molecule has 0 radical (unpaired) electrons. The Labute approximate surface area is 150 Å². The minimum Gasteiger partial charge on any atom is -0.379 e. The molecule has 0 aromatic heterocycles. The van der Waals surface area contributed by atoms with Gasteiger partial charge in [0.15, 0.2) is 0 Å². The van der Waals surface area contributed by atoms with Crippen molar-refractivity contribution in [2.24, 2.45) is 0 Å². The van der Waals surface area contributed by atoms with Crippen LogP contribution >= 0.6 is 0 Å². The largest absolute Gasteiger partial charge is 0.379 e. The van der Waals surface area contributed by atoms with Gasteiger partial charge < -0.3 is 15.4 Å². The molecule has 0 aliphatic carbocycles. The molecule has 0 atom stereocenters. The van der Waals surface area contributed by atoms with E-state index in [1.807, 2.05) is 4.90 Å². The summed E-state index contributed by atoms with van der Waals surface area (Å²) >= 11 is 0. The number of amides is 2. The minimum absolute atomic E-state index is 0.0880. The molecule has 0 spiro atoms. The molecule has 2 N–H and O–H groups in total. The van der Waals surface area contributed by atoms with Gasteiger partial charge in [0.2, 0.25) is 5.91 Å². The molecule has 0 unspecified atom stereocenters. The molecular formula is C19H20FN3O3. The summed E-state index contributed by atoms with van der Waals surface area (Å²) in [6.07, 6.45) is 0. The summed E-state index contributed by atoms with van der Waals surface area (Å²) in [5.41, 5.74) is 1.61. The molecule has 0 bridgehead atoms. The van der Waals surface area contributed by atoms with Crippen molar-refractivity contribution in [1.29, 1.82) is 0 Å². The van der Waals surface area contributed by atoms with Crippen LogP contribution in [0.25, 0.3) is 0 Å². The number of morpholine rings is 1. The smallest absolute Gasteiger partial charge is 0.255 e. The van der Waals surface area contributed by atoms with Gasteiger partial charge in [0, 0.05) is 30.0 Å². The Morgan fingerprint density at radius 2 is 1.50 bits per heavy atom. The van der Waals surface area contributed by atoms with Crippen LogP contribution in [-0.2, 0) is 9.53 Å². The third-order valence-electron chi connectivity index (χ3n) is 4.00. The molecule has 136 valence electrons. The van der Waals surface area contributed by atoms with Crippen LogP contribution in [0.1, 0.15) is 10.4 Å². The quantitative estimate of drug-likeness (QED) is 0.862. The predicted molar refractivity (Wildman–Crippen MR) is 96.7 cm³/mol. The van der Waals surface area contributed by atoms with Crippen molar-refractivity contribution in [1.82, 2.24) is 4.90 Å². The molecule has 1 saturated heterocycles. The second-order valence-electron chi connectivity index (χ2n) is 5.98. The summed E-state index contributed by atoms with van der Waals surface area (Å²) in [5, 5.41) is 5.56. The van der Waals surface area contributed by atoms with Gasteiger partial charge in [-0.05, 0) is 48.5 Å². The van der Waals surface area contributed by atoms with E-state index in [1.54, 1.807) is 24.3 Å². The zero-order valence-corrected chi connectivity index (χ0v) is 14.2. The van der Waals surface area contributed by atoms with Gasteiger partial charge in [0.1, 0.15) is 5.82 Å². The molecule has 2 amide bonds. The van der Waals surface area contributed by atoms with Gasteiger partial charge in [-0.1, -0.05) is 0 Å². The van der Waals surface area contributed by atoms with Crippen LogP contribution in [0.2, 0.25) is 0 Å². The second kappa shape index (κ2) is 8.55. The lowest BCUT2D eigenvalue weighted by Gasteiger charge is -2.25. The maximum Gasteiger partial charge on any atom is 0.255 e. The summed E-state index contributed by atoms with van der Waals surface area (Å²) in [4.78, 5) is 26.2. The highest BCUT2D eigenvalue weighted by atomic mass is 19.1. The molecule has 2 aromatic rings. The number of halogens is 1. The van der Waals surface area contributed by atoms with E-state index in [9.17, 15) is 14.0 Å². The number of nitrogens with zero attached hydrogens (tertiary/aromatic N) is 1. The van der Waals surface area contributed by atoms with Crippen molar-refractivity contribution in [2.75, 3.05) is 43.5 Å². The third-order valence-corrected chi connectivity index (χ3v) is 4.00. The van der Waals surface area contributed by atoms with Crippen LogP contribution in [0.4, 0.5) is 15.8 Å². The average Bonchev–Trinajstić information content (AvgIpc) is 2.64. The number of rotatable bonds is 5. The molecule has 1 fully saturated rings. The first kappa shape index (κ1) is 18.0. The normalized spacial score (nSPS) is 14.7. The van der Waals surface area contributed by atoms with Crippen LogP contribution < -0.4 is 10.6 Å². The Kier molecular flexibility index (Phi) is 5.93. The first-order valence-electron chi connectivity index (χ1n) is 8.37. The fraction of sp³-hybridized carbons (Fsp3) is 0.263. The van der Waals surface area contributed by atoms with Gasteiger partial charge in [-0.2, -0.15) is 0 Å². The molecule has 26 heavy (non-hydrogen) atoms. The zero-order chi connectivity index (χ0) is 18.4. The van der Waals surface area contributed by atoms with E-state index < -0.39 is 5.82 Å². The molecule has 1 heterocycles. The third kappa shape index (κ3) is 5.11. The molecule has 1 aliphatic heterocycles. The molecule has 3 rings (SSSR count). The lowest BCUT2D eigenvalue weighted by Crippen LogP contribution is -2.41. The molecule has 6 nitrogen and oxygen atoms in total. The molecule has 7 heteroatoms. The van der Waals surface area contributed by atoms with Crippen LogP contribution in [-0.4, -0.2) is 49.6 Å². The van der Waals surface area contributed by atoms with E-state index >= 15 is 0 Å². The lowest BCUT2D eigenvalue weighted by molar-refractivity contribution is -0.118. The van der Waals surface area contributed by atoms with Crippen LogP contribution in [0.15, 0.2) is 48.5 Å². The van der Waals surface area contributed by atoms with Gasteiger partial charge in [0.05, 0.1) is 19.8 Å². The maximum atomic E-state index is 12.9. The summed E-state index contributed by atoms with van der Waals surface area (Å²) in [6, 6.07) is 12.2. The number of anilines is 2. The van der Waals surface area contributed by atoms with E-state index in [0.717, 1.165) is 13.1 Å². The number of carbonyl (C=O) groups excluding carboxylic acids is 2. The maximum absolute atomic E-state index is 12.9. The van der Waals surface area contributed by atoms with Gasteiger partial charge >= 0.3 is 0 Å².